The molecular formula is C10H17N3O. The third-order valence-corrected chi connectivity index (χ3v) is 2.50. The molecule has 0 amide bonds. The Balaban J connectivity index is 3.00. The highest BCUT2D eigenvalue weighted by atomic mass is 16.1. The predicted octanol–water partition coefficient (Wildman–Crippen LogP) is 1.21. The number of rotatable bonds is 4. The van der Waals surface area contributed by atoms with Crippen LogP contribution in [0.2, 0.25) is 0 Å². The minimum atomic E-state index is -0.785. The van der Waals surface area contributed by atoms with Gasteiger partial charge in [0.25, 0.3) is 0 Å². The summed E-state index contributed by atoms with van der Waals surface area (Å²) in [5.74, 6) is -0.0423. The van der Waals surface area contributed by atoms with Crippen LogP contribution in [-0.2, 0) is 6.54 Å². The lowest BCUT2D eigenvalue weighted by atomic mass is 9.92. The highest BCUT2D eigenvalue weighted by Crippen LogP contribution is 2.13. The smallest absolute Gasteiger partial charge is 0.200 e. The number of nitrogens with two attached hydrogens (primary N) is 1. The number of Topliss-reactive ketones (excluding diaryl/α,β-unsaturated/α-hetero) is 1. The van der Waals surface area contributed by atoms with Crippen LogP contribution in [0.15, 0.2) is 12.3 Å². The SMILES string of the molecule is CCn1nccc1C(=O)C(C)(N)CC. The molecule has 0 radical (unpaired) electrons. The van der Waals surface area contributed by atoms with Crippen LogP contribution < -0.4 is 5.73 Å². The number of aromatic nitrogens is 2. The van der Waals surface area contributed by atoms with Crippen LogP contribution in [0.5, 0.6) is 0 Å². The Hall–Kier alpha value is -1.16. The zero-order chi connectivity index (χ0) is 10.8. The van der Waals surface area contributed by atoms with Gasteiger partial charge in [0.2, 0.25) is 0 Å². The first-order valence-electron chi connectivity index (χ1n) is 4.88. The van der Waals surface area contributed by atoms with Gasteiger partial charge in [-0.3, -0.25) is 9.48 Å². The molecular weight excluding hydrogens is 178 g/mol. The van der Waals surface area contributed by atoms with Crippen LogP contribution in [0, 0.1) is 0 Å². The Morgan fingerprint density at radius 2 is 2.29 bits per heavy atom. The molecule has 78 valence electrons. The molecule has 4 heteroatoms. The summed E-state index contributed by atoms with van der Waals surface area (Å²) in [6.07, 6.45) is 2.25. The average Bonchev–Trinajstić information content (AvgIpc) is 2.64. The van der Waals surface area contributed by atoms with Crippen LogP contribution in [0.25, 0.3) is 0 Å². The van der Waals surface area contributed by atoms with E-state index in [0.717, 1.165) is 0 Å². The normalized spacial score (nSPS) is 15.1. The van der Waals surface area contributed by atoms with Crippen molar-refractivity contribution in [2.75, 3.05) is 0 Å². The van der Waals surface area contributed by atoms with E-state index in [1.54, 1.807) is 23.9 Å². The van der Waals surface area contributed by atoms with Crippen molar-refractivity contribution in [1.82, 2.24) is 9.78 Å². The molecule has 0 aliphatic rings. The van der Waals surface area contributed by atoms with Crippen molar-refractivity contribution in [2.45, 2.75) is 39.3 Å². The first-order valence-corrected chi connectivity index (χ1v) is 4.88. The summed E-state index contributed by atoms with van der Waals surface area (Å²) in [5, 5.41) is 4.04. The Labute approximate surface area is 84.1 Å². The van der Waals surface area contributed by atoms with Crippen LogP contribution in [0.3, 0.4) is 0 Å². The zero-order valence-electron chi connectivity index (χ0n) is 8.95. The number of aryl methyl sites for hydroxylation is 1. The van der Waals surface area contributed by atoms with Gasteiger partial charge in [-0.15, -0.1) is 0 Å². The fraction of sp³-hybridized carbons (Fsp3) is 0.600. The van der Waals surface area contributed by atoms with E-state index in [0.29, 0.717) is 18.7 Å². The molecule has 1 heterocycles. The molecule has 0 spiro atoms. The van der Waals surface area contributed by atoms with E-state index in [9.17, 15) is 4.79 Å². The van der Waals surface area contributed by atoms with Gasteiger partial charge in [-0.05, 0) is 26.3 Å². The molecule has 1 aromatic heterocycles. The lowest BCUT2D eigenvalue weighted by Gasteiger charge is -2.20. The predicted molar refractivity (Wildman–Crippen MR) is 55.1 cm³/mol. The zero-order valence-corrected chi connectivity index (χ0v) is 8.95. The van der Waals surface area contributed by atoms with Crippen molar-refractivity contribution in [3.8, 4) is 0 Å². The monoisotopic (exact) mass is 195 g/mol. The summed E-state index contributed by atoms with van der Waals surface area (Å²) in [4.78, 5) is 12.0. The number of hydrogen-bond acceptors (Lipinski definition) is 3. The molecule has 1 atom stereocenters. The van der Waals surface area contributed by atoms with E-state index in [2.05, 4.69) is 5.10 Å². The lowest BCUT2D eigenvalue weighted by Crippen LogP contribution is -2.45. The molecule has 1 rings (SSSR count). The van der Waals surface area contributed by atoms with E-state index in [4.69, 9.17) is 5.73 Å². The fourth-order valence-corrected chi connectivity index (χ4v) is 1.23. The van der Waals surface area contributed by atoms with Gasteiger partial charge in [0.05, 0.1) is 5.54 Å². The molecule has 1 unspecified atom stereocenters. The molecule has 0 aromatic carbocycles. The number of carbonyl (C=O) groups excluding carboxylic acids is 1. The summed E-state index contributed by atoms with van der Waals surface area (Å²) < 4.78 is 1.67. The molecule has 0 bridgehead atoms. The number of hydrogen-bond donors (Lipinski definition) is 1. The molecule has 0 aliphatic carbocycles. The quantitative estimate of drug-likeness (QED) is 0.735. The molecule has 0 saturated heterocycles. The second kappa shape index (κ2) is 3.92. The molecule has 14 heavy (non-hydrogen) atoms. The van der Waals surface area contributed by atoms with Crippen molar-refractivity contribution in [3.05, 3.63) is 18.0 Å². The third-order valence-electron chi connectivity index (χ3n) is 2.50. The minimum absolute atomic E-state index is 0.0423. The Bertz CT molecular complexity index is 328. The fourth-order valence-electron chi connectivity index (χ4n) is 1.23. The van der Waals surface area contributed by atoms with E-state index >= 15 is 0 Å². The van der Waals surface area contributed by atoms with Crippen LogP contribution in [0.1, 0.15) is 37.7 Å². The van der Waals surface area contributed by atoms with Gasteiger partial charge in [0, 0.05) is 12.7 Å². The molecule has 0 aliphatic heterocycles. The molecule has 0 saturated carbocycles. The van der Waals surface area contributed by atoms with E-state index < -0.39 is 5.54 Å². The summed E-state index contributed by atoms with van der Waals surface area (Å²) in [7, 11) is 0. The van der Waals surface area contributed by atoms with Crippen molar-refractivity contribution < 1.29 is 4.79 Å². The highest BCUT2D eigenvalue weighted by Gasteiger charge is 2.29. The van der Waals surface area contributed by atoms with Crippen molar-refractivity contribution in [2.24, 2.45) is 5.73 Å². The van der Waals surface area contributed by atoms with Gasteiger partial charge in [-0.1, -0.05) is 6.92 Å². The van der Waals surface area contributed by atoms with E-state index in [-0.39, 0.29) is 5.78 Å². The van der Waals surface area contributed by atoms with Gasteiger partial charge < -0.3 is 5.73 Å². The number of ketones is 1. The third kappa shape index (κ3) is 1.85. The Kier molecular flexibility index (Phi) is 3.06. The maximum absolute atomic E-state index is 12.0. The van der Waals surface area contributed by atoms with Gasteiger partial charge in [-0.25, -0.2) is 0 Å². The van der Waals surface area contributed by atoms with E-state index in [1.165, 1.54) is 0 Å². The standard InChI is InChI=1S/C10H17N3O/c1-4-10(3,11)9(14)8-6-7-12-13(8)5-2/h6-7H,4-5,11H2,1-3H3. The largest absolute Gasteiger partial charge is 0.319 e. The Morgan fingerprint density at radius 3 is 2.79 bits per heavy atom. The van der Waals surface area contributed by atoms with E-state index in [1.807, 2.05) is 13.8 Å². The summed E-state index contributed by atoms with van der Waals surface area (Å²) in [5.41, 5.74) is 5.70. The lowest BCUT2D eigenvalue weighted by molar-refractivity contribution is 0.0886. The van der Waals surface area contributed by atoms with Gasteiger partial charge in [-0.2, -0.15) is 5.10 Å². The van der Waals surface area contributed by atoms with Crippen LogP contribution >= 0.6 is 0 Å². The molecule has 4 nitrogen and oxygen atoms in total. The average molecular weight is 195 g/mol. The first-order chi connectivity index (χ1) is 6.53. The van der Waals surface area contributed by atoms with Crippen molar-refractivity contribution >= 4 is 5.78 Å². The first kappa shape index (κ1) is 10.9. The minimum Gasteiger partial charge on any atom is -0.319 e. The van der Waals surface area contributed by atoms with Crippen molar-refractivity contribution in [3.63, 3.8) is 0 Å². The number of carbonyl (C=O) groups is 1. The second-order valence-electron chi connectivity index (χ2n) is 3.63. The number of nitrogens with zero attached hydrogens (tertiary/aromatic N) is 2. The summed E-state index contributed by atoms with van der Waals surface area (Å²) in [6, 6.07) is 1.71. The molecule has 0 fully saturated rings. The summed E-state index contributed by atoms with van der Waals surface area (Å²) >= 11 is 0. The van der Waals surface area contributed by atoms with Gasteiger partial charge in [0.15, 0.2) is 5.78 Å². The van der Waals surface area contributed by atoms with Gasteiger partial charge in [0.1, 0.15) is 5.69 Å². The second-order valence-corrected chi connectivity index (χ2v) is 3.63. The maximum atomic E-state index is 12.0. The van der Waals surface area contributed by atoms with Gasteiger partial charge >= 0.3 is 0 Å². The Morgan fingerprint density at radius 1 is 1.64 bits per heavy atom. The highest BCUT2D eigenvalue weighted by molar-refractivity contribution is 6.01. The topological polar surface area (TPSA) is 60.9 Å². The maximum Gasteiger partial charge on any atom is 0.200 e. The van der Waals surface area contributed by atoms with Crippen LogP contribution in [0.4, 0.5) is 0 Å². The van der Waals surface area contributed by atoms with Crippen LogP contribution in [-0.4, -0.2) is 21.1 Å². The summed E-state index contributed by atoms with van der Waals surface area (Å²) in [6.45, 7) is 6.30. The molecule has 1 aromatic rings. The van der Waals surface area contributed by atoms with Crippen molar-refractivity contribution in [1.29, 1.82) is 0 Å². The molecule has 2 N–H and O–H groups in total.